The van der Waals surface area contributed by atoms with Gasteiger partial charge in [0, 0.05) is 26.5 Å². The van der Waals surface area contributed by atoms with Crippen LogP contribution in [0.3, 0.4) is 0 Å². The first-order valence-corrected chi connectivity index (χ1v) is 5.20. The van der Waals surface area contributed by atoms with Gasteiger partial charge in [-0.2, -0.15) is 0 Å². The van der Waals surface area contributed by atoms with E-state index in [-0.39, 0.29) is 5.11 Å². The third-order valence-electron chi connectivity index (χ3n) is 1.93. The molecule has 1 heterocycles. The Morgan fingerprint density at radius 2 is 2.06 bits per heavy atom. The Morgan fingerprint density at radius 1 is 1.44 bits per heavy atom. The number of thiocarbonyl (C=S) groups is 1. The van der Waals surface area contributed by atoms with E-state index >= 15 is 0 Å². The van der Waals surface area contributed by atoms with Crippen molar-refractivity contribution in [2.75, 3.05) is 20.3 Å². The molecule has 1 saturated heterocycles. The van der Waals surface area contributed by atoms with E-state index < -0.39 is 17.7 Å². The highest BCUT2D eigenvalue weighted by Crippen LogP contribution is 1.99. The van der Waals surface area contributed by atoms with E-state index in [0.29, 0.717) is 13.2 Å². The van der Waals surface area contributed by atoms with Crippen molar-refractivity contribution < 1.29 is 14.3 Å². The van der Waals surface area contributed by atoms with E-state index in [2.05, 4.69) is 27.8 Å². The van der Waals surface area contributed by atoms with Crippen molar-refractivity contribution in [3.05, 3.63) is 0 Å². The number of rotatable bonds is 5. The molecular formula is C9H13N3O3S. The van der Waals surface area contributed by atoms with Crippen LogP contribution >= 0.6 is 12.2 Å². The minimum absolute atomic E-state index is 0.0408. The monoisotopic (exact) mass is 243 g/mol. The zero-order valence-electron chi connectivity index (χ0n) is 8.86. The van der Waals surface area contributed by atoms with E-state index in [4.69, 9.17) is 4.74 Å². The van der Waals surface area contributed by atoms with Crippen LogP contribution < -0.4 is 10.6 Å². The predicted octanol–water partition coefficient (Wildman–Crippen LogP) is -0.759. The number of hydrogen-bond acceptors (Lipinski definition) is 5. The largest absolute Gasteiger partial charge is 0.385 e. The van der Waals surface area contributed by atoms with Crippen molar-refractivity contribution >= 4 is 35.4 Å². The standard InChI is InChI=1S/C9H13N3O3S/c1-15-4-2-3-10-5-6-7(13)11-9(16)12-8(6)14/h5-6H,2-4H2,1H3,(H2,11,12,13,14,16). The number of methoxy groups -OCH3 is 1. The number of aliphatic imine (C=N–C) groups is 1. The Bertz CT molecular complexity index is 310. The normalized spacial score (nSPS) is 17.7. The first kappa shape index (κ1) is 12.7. The number of amides is 2. The van der Waals surface area contributed by atoms with Gasteiger partial charge in [0.15, 0.2) is 11.0 Å². The first-order valence-electron chi connectivity index (χ1n) is 4.79. The predicted molar refractivity (Wildman–Crippen MR) is 62.2 cm³/mol. The molecule has 0 aromatic heterocycles. The lowest BCUT2D eigenvalue weighted by molar-refractivity contribution is -0.131. The third-order valence-corrected chi connectivity index (χ3v) is 2.13. The molecule has 0 radical (unpaired) electrons. The fraction of sp³-hybridized carbons (Fsp3) is 0.556. The fourth-order valence-electron chi connectivity index (χ4n) is 1.15. The molecule has 1 aliphatic rings. The first-order chi connectivity index (χ1) is 7.65. The van der Waals surface area contributed by atoms with Gasteiger partial charge in [-0.1, -0.05) is 0 Å². The molecule has 2 N–H and O–H groups in total. The van der Waals surface area contributed by atoms with Crippen LogP contribution in [0.25, 0.3) is 0 Å². The van der Waals surface area contributed by atoms with Gasteiger partial charge in [-0.05, 0) is 18.6 Å². The van der Waals surface area contributed by atoms with Crippen molar-refractivity contribution in [2.45, 2.75) is 6.42 Å². The highest BCUT2D eigenvalue weighted by molar-refractivity contribution is 7.80. The number of ether oxygens (including phenoxy) is 1. The topological polar surface area (TPSA) is 79.8 Å². The molecule has 0 spiro atoms. The number of nitrogens with one attached hydrogen (secondary N) is 2. The maximum Gasteiger partial charge on any atom is 0.244 e. The lowest BCUT2D eigenvalue weighted by Crippen LogP contribution is -2.56. The summed E-state index contributed by atoms with van der Waals surface area (Å²) in [6.45, 7) is 1.12. The summed E-state index contributed by atoms with van der Waals surface area (Å²) < 4.78 is 4.84. The molecule has 0 saturated carbocycles. The van der Waals surface area contributed by atoms with Gasteiger partial charge in [0.1, 0.15) is 0 Å². The van der Waals surface area contributed by atoms with E-state index in [1.807, 2.05) is 0 Å². The van der Waals surface area contributed by atoms with Crippen LogP contribution in [0.15, 0.2) is 4.99 Å². The molecule has 16 heavy (non-hydrogen) atoms. The average molecular weight is 243 g/mol. The van der Waals surface area contributed by atoms with Crippen LogP contribution in [-0.2, 0) is 14.3 Å². The maximum absolute atomic E-state index is 11.4. The van der Waals surface area contributed by atoms with E-state index in [9.17, 15) is 9.59 Å². The van der Waals surface area contributed by atoms with Crippen molar-refractivity contribution in [1.82, 2.24) is 10.6 Å². The van der Waals surface area contributed by atoms with Gasteiger partial charge in [-0.3, -0.25) is 14.6 Å². The van der Waals surface area contributed by atoms with Gasteiger partial charge in [-0.15, -0.1) is 0 Å². The molecule has 0 atom stereocenters. The molecule has 88 valence electrons. The van der Waals surface area contributed by atoms with Gasteiger partial charge < -0.3 is 15.4 Å². The highest BCUT2D eigenvalue weighted by Gasteiger charge is 2.30. The molecular weight excluding hydrogens is 230 g/mol. The fourth-order valence-corrected chi connectivity index (χ4v) is 1.35. The van der Waals surface area contributed by atoms with E-state index in [0.717, 1.165) is 6.42 Å². The molecule has 1 aliphatic heterocycles. The molecule has 2 amide bonds. The van der Waals surface area contributed by atoms with Crippen molar-refractivity contribution in [3.63, 3.8) is 0 Å². The summed E-state index contributed by atoms with van der Waals surface area (Å²) >= 11 is 4.66. The Hall–Kier alpha value is -1.34. The molecule has 6 nitrogen and oxygen atoms in total. The summed E-state index contributed by atoms with van der Waals surface area (Å²) in [7, 11) is 1.60. The number of carbonyl (C=O) groups excluding carboxylic acids is 2. The van der Waals surface area contributed by atoms with Gasteiger partial charge in [0.05, 0.1) is 0 Å². The SMILES string of the molecule is COCCCN=CC1C(=O)NC(=S)NC1=O. The van der Waals surface area contributed by atoms with Gasteiger partial charge in [0.2, 0.25) is 11.8 Å². The zero-order chi connectivity index (χ0) is 12.0. The van der Waals surface area contributed by atoms with Gasteiger partial charge in [-0.25, -0.2) is 0 Å². The maximum atomic E-state index is 11.4. The number of nitrogens with zero attached hydrogens (tertiary/aromatic N) is 1. The second kappa shape index (κ2) is 6.29. The third kappa shape index (κ3) is 3.67. The lowest BCUT2D eigenvalue weighted by atomic mass is 10.1. The average Bonchev–Trinajstić information content (AvgIpc) is 2.20. The highest BCUT2D eigenvalue weighted by atomic mass is 32.1. The molecule has 7 heteroatoms. The second-order valence-electron chi connectivity index (χ2n) is 3.19. The number of hydrogen-bond donors (Lipinski definition) is 2. The summed E-state index contributed by atoms with van der Waals surface area (Å²) in [6.07, 6.45) is 2.09. The van der Waals surface area contributed by atoms with Crippen LogP contribution in [-0.4, -0.2) is 43.4 Å². The molecule has 0 aromatic carbocycles. The van der Waals surface area contributed by atoms with E-state index in [1.54, 1.807) is 7.11 Å². The van der Waals surface area contributed by atoms with Crippen LogP contribution in [0, 0.1) is 5.92 Å². The second-order valence-corrected chi connectivity index (χ2v) is 3.60. The Labute approximate surface area is 98.4 Å². The summed E-state index contributed by atoms with van der Waals surface area (Å²) in [4.78, 5) is 26.7. The molecule has 0 unspecified atom stereocenters. The Morgan fingerprint density at radius 3 is 2.62 bits per heavy atom. The summed E-state index contributed by atoms with van der Waals surface area (Å²) in [5.41, 5.74) is 0. The molecule has 0 bridgehead atoms. The molecule has 0 aliphatic carbocycles. The van der Waals surface area contributed by atoms with Gasteiger partial charge in [0.25, 0.3) is 0 Å². The smallest absolute Gasteiger partial charge is 0.244 e. The Balaban J connectivity index is 2.43. The lowest BCUT2D eigenvalue weighted by Gasteiger charge is -2.19. The van der Waals surface area contributed by atoms with Crippen molar-refractivity contribution in [1.29, 1.82) is 0 Å². The summed E-state index contributed by atoms with van der Waals surface area (Å²) in [5, 5.41) is 4.75. The summed E-state index contributed by atoms with van der Waals surface area (Å²) in [6, 6.07) is 0. The van der Waals surface area contributed by atoms with Crippen LogP contribution in [0.2, 0.25) is 0 Å². The van der Waals surface area contributed by atoms with Crippen LogP contribution in [0.4, 0.5) is 0 Å². The Kier molecular flexibility index (Phi) is 5.00. The van der Waals surface area contributed by atoms with E-state index in [1.165, 1.54) is 6.21 Å². The van der Waals surface area contributed by atoms with Gasteiger partial charge >= 0.3 is 0 Å². The van der Waals surface area contributed by atoms with Crippen LogP contribution in [0.5, 0.6) is 0 Å². The minimum Gasteiger partial charge on any atom is -0.385 e. The molecule has 0 aromatic rings. The van der Waals surface area contributed by atoms with Crippen molar-refractivity contribution in [2.24, 2.45) is 10.9 Å². The molecule has 1 rings (SSSR count). The van der Waals surface area contributed by atoms with Crippen molar-refractivity contribution in [3.8, 4) is 0 Å². The molecule has 1 fully saturated rings. The van der Waals surface area contributed by atoms with Crippen LogP contribution in [0.1, 0.15) is 6.42 Å². The quantitative estimate of drug-likeness (QED) is 0.288. The minimum atomic E-state index is -0.894. The number of carbonyl (C=O) groups is 2. The zero-order valence-corrected chi connectivity index (χ0v) is 9.67. The summed E-state index contributed by atoms with van der Waals surface area (Å²) in [5.74, 6) is -1.78.